The summed E-state index contributed by atoms with van der Waals surface area (Å²) in [5, 5.41) is 18.4. The third-order valence-electron chi connectivity index (χ3n) is 1.99. The van der Waals surface area contributed by atoms with Gasteiger partial charge in [-0.3, -0.25) is 4.79 Å². The highest BCUT2D eigenvalue weighted by atomic mass is 32.2. The monoisotopic (exact) mass is 294 g/mol. The first-order chi connectivity index (χ1) is 8.29. The van der Waals surface area contributed by atoms with Gasteiger partial charge in [0.15, 0.2) is 5.13 Å². The van der Waals surface area contributed by atoms with Crippen LogP contribution in [0.25, 0.3) is 0 Å². The number of hydrogen-bond acceptors (Lipinski definition) is 7. The van der Waals surface area contributed by atoms with Crippen molar-refractivity contribution in [1.29, 1.82) is 0 Å². The number of sulfonamides is 1. The number of nitrogens with zero attached hydrogens (tertiary/aromatic N) is 1. The van der Waals surface area contributed by atoms with Gasteiger partial charge in [-0.15, -0.1) is 11.3 Å². The number of nitrogens with two attached hydrogens (primary N) is 2. The molecule has 0 aromatic carbocycles. The van der Waals surface area contributed by atoms with Crippen molar-refractivity contribution in [3.8, 4) is 0 Å². The number of nitrogens with one attached hydrogen (secondary N) is 1. The highest BCUT2D eigenvalue weighted by Gasteiger charge is 2.17. The van der Waals surface area contributed by atoms with Crippen LogP contribution >= 0.6 is 11.3 Å². The van der Waals surface area contributed by atoms with Crippen LogP contribution in [0, 0.1) is 0 Å². The molecule has 0 aliphatic rings. The molecule has 0 saturated heterocycles. The minimum atomic E-state index is -3.45. The number of thiazole rings is 1. The Morgan fingerprint density at radius 2 is 2.28 bits per heavy atom. The summed E-state index contributed by atoms with van der Waals surface area (Å²) >= 11 is 1.21. The average Bonchev–Trinajstić information content (AvgIpc) is 2.70. The van der Waals surface area contributed by atoms with Gasteiger partial charge in [0.2, 0.25) is 10.0 Å². The van der Waals surface area contributed by atoms with Crippen LogP contribution in [-0.2, 0) is 14.8 Å². The Kier molecular flexibility index (Phi) is 5.02. The molecule has 1 rings (SSSR count). The van der Waals surface area contributed by atoms with Gasteiger partial charge >= 0.3 is 5.97 Å². The molecule has 1 atom stereocenters. The molecule has 0 aliphatic heterocycles. The van der Waals surface area contributed by atoms with Crippen molar-refractivity contribution in [3.63, 3.8) is 0 Å². The molecule has 0 spiro atoms. The summed E-state index contributed by atoms with van der Waals surface area (Å²) in [6, 6.07) is -1.15. The summed E-state index contributed by atoms with van der Waals surface area (Å²) in [5.41, 5.74) is 5.65. The van der Waals surface area contributed by atoms with E-state index in [2.05, 4.69) is 10.3 Å². The third kappa shape index (κ3) is 4.96. The fourth-order valence-corrected chi connectivity index (χ4v) is 2.43. The standard InChI is InChI=1S/C8H14N4O4S2/c9-6(7(13)14)5-4-17-8(12-5)11-2-1-3-18(10,15)16/h4,6H,1-3,9H2,(H,11,12)(H,13,14)(H2,10,15,16). The van der Waals surface area contributed by atoms with Crippen molar-refractivity contribution in [2.24, 2.45) is 10.9 Å². The van der Waals surface area contributed by atoms with Crippen molar-refractivity contribution < 1.29 is 18.3 Å². The van der Waals surface area contributed by atoms with E-state index in [1.807, 2.05) is 0 Å². The molecule has 1 heterocycles. The summed E-state index contributed by atoms with van der Waals surface area (Å²) in [6.07, 6.45) is 0.346. The Bertz CT molecular complexity index is 513. The number of primary sulfonamides is 1. The quantitative estimate of drug-likeness (QED) is 0.487. The summed E-state index contributed by atoms with van der Waals surface area (Å²) in [5.74, 6) is -1.27. The van der Waals surface area contributed by atoms with Crippen LogP contribution in [0.5, 0.6) is 0 Å². The first-order valence-electron chi connectivity index (χ1n) is 4.98. The molecule has 6 N–H and O–H groups in total. The van der Waals surface area contributed by atoms with Gasteiger partial charge in [0.05, 0.1) is 11.4 Å². The Morgan fingerprint density at radius 3 is 2.83 bits per heavy atom. The van der Waals surface area contributed by atoms with E-state index in [1.54, 1.807) is 5.38 Å². The molecule has 0 amide bonds. The minimum absolute atomic E-state index is 0.118. The molecule has 1 unspecified atom stereocenters. The second-order valence-corrected chi connectivity index (χ2v) is 6.13. The minimum Gasteiger partial charge on any atom is -0.480 e. The van der Waals surface area contributed by atoms with Crippen molar-refractivity contribution >= 4 is 32.5 Å². The molecule has 0 saturated carbocycles. The molecule has 8 nitrogen and oxygen atoms in total. The van der Waals surface area contributed by atoms with Crippen LogP contribution in [0.2, 0.25) is 0 Å². The largest absolute Gasteiger partial charge is 0.480 e. The van der Waals surface area contributed by atoms with Gasteiger partial charge in [-0.05, 0) is 6.42 Å². The lowest BCUT2D eigenvalue weighted by atomic mass is 10.2. The van der Waals surface area contributed by atoms with Gasteiger partial charge in [-0.1, -0.05) is 0 Å². The van der Waals surface area contributed by atoms with Crippen molar-refractivity contribution in [2.45, 2.75) is 12.5 Å². The number of carboxylic acids is 1. The van der Waals surface area contributed by atoms with Gasteiger partial charge < -0.3 is 16.2 Å². The number of aliphatic carboxylic acids is 1. The molecular weight excluding hydrogens is 280 g/mol. The van der Waals surface area contributed by atoms with E-state index in [0.29, 0.717) is 18.1 Å². The average molecular weight is 294 g/mol. The summed E-state index contributed by atoms with van der Waals surface area (Å²) in [4.78, 5) is 14.6. The number of carboxylic acid groups (broad SMARTS) is 1. The van der Waals surface area contributed by atoms with Gasteiger partial charge in [-0.25, -0.2) is 18.5 Å². The van der Waals surface area contributed by atoms with Crippen LogP contribution < -0.4 is 16.2 Å². The van der Waals surface area contributed by atoms with E-state index in [-0.39, 0.29) is 11.4 Å². The Balaban J connectivity index is 2.43. The highest BCUT2D eigenvalue weighted by Crippen LogP contribution is 2.19. The van der Waals surface area contributed by atoms with E-state index in [0.717, 1.165) is 0 Å². The normalized spacial score (nSPS) is 13.2. The molecule has 0 radical (unpaired) electrons. The first kappa shape index (κ1) is 14.8. The maximum absolute atomic E-state index is 10.7. The maximum atomic E-state index is 10.7. The maximum Gasteiger partial charge on any atom is 0.326 e. The number of aromatic nitrogens is 1. The van der Waals surface area contributed by atoms with Crippen LogP contribution in [0.1, 0.15) is 18.2 Å². The summed E-state index contributed by atoms with van der Waals surface area (Å²) in [7, 11) is -3.45. The molecule has 0 fully saturated rings. The smallest absolute Gasteiger partial charge is 0.326 e. The zero-order valence-corrected chi connectivity index (χ0v) is 11.0. The van der Waals surface area contributed by atoms with Crippen molar-refractivity contribution in [3.05, 3.63) is 11.1 Å². The molecule has 0 bridgehead atoms. The Labute approximate surface area is 108 Å². The lowest BCUT2D eigenvalue weighted by molar-refractivity contribution is -0.138. The second kappa shape index (κ2) is 6.09. The molecule has 102 valence electrons. The predicted molar refractivity (Wildman–Crippen MR) is 67.8 cm³/mol. The first-order valence-corrected chi connectivity index (χ1v) is 7.57. The SMILES string of the molecule is NC(C(=O)O)c1csc(NCCCS(N)(=O)=O)n1. The fourth-order valence-electron chi connectivity index (χ4n) is 1.11. The van der Waals surface area contributed by atoms with E-state index in [4.69, 9.17) is 16.0 Å². The Morgan fingerprint density at radius 1 is 1.61 bits per heavy atom. The van der Waals surface area contributed by atoms with Gasteiger partial charge in [0.1, 0.15) is 6.04 Å². The van der Waals surface area contributed by atoms with E-state index < -0.39 is 22.0 Å². The lowest BCUT2D eigenvalue weighted by Gasteiger charge is -2.02. The van der Waals surface area contributed by atoms with Crippen molar-refractivity contribution in [1.82, 2.24) is 4.98 Å². The molecule has 10 heteroatoms. The van der Waals surface area contributed by atoms with Crippen LogP contribution in [-0.4, -0.2) is 36.8 Å². The topological polar surface area (TPSA) is 148 Å². The number of hydrogen-bond donors (Lipinski definition) is 4. The second-order valence-electron chi connectivity index (χ2n) is 3.54. The zero-order chi connectivity index (χ0) is 13.8. The predicted octanol–water partition coefficient (Wildman–Crippen LogP) is -0.682. The molecule has 1 aromatic heterocycles. The van der Waals surface area contributed by atoms with Gasteiger partial charge in [0, 0.05) is 11.9 Å². The summed E-state index contributed by atoms with van der Waals surface area (Å²) < 4.78 is 21.3. The lowest BCUT2D eigenvalue weighted by Crippen LogP contribution is -2.21. The summed E-state index contributed by atoms with van der Waals surface area (Å²) in [6.45, 7) is 0.381. The Hall–Kier alpha value is -1.23. The van der Waals surface area contributed by atoms with Crippen LogP contribution in [0.15, 0.2) is 5.38 Å². The number of carbonyl (C=O) groups is 1. The van der Waals surface area contributed by atoms with Gasteiger partial charge in [0.25, 0.3) is 0 Å². The third-order valence-corrected chi connectivity index (χ3v) is 3.66. The van der Waals surface area contributed by atoms with E-state index >= 15 is 0 Å². The molecule has 1 aromatic rings. The van der Waals surface area contributed by atoms with Crippen LogP contribution in [0.3, 0.4) is 0 Å². The highest BCUT2D eigenvalue weighted by molar-refractivity contribution is 7.89. The van der Waals surface area contributed by atoms with Gasteiger partial charge in [-0.2, -0.15) is 0 Å². The van der Waals surface area contributed by atoms with Crippen molar-refractivity contribution in [2.75, 3.05) is 17.6 Å². The number of anilines is 1. The van der Waals surface area contributed by atoms with Crippen LogP contribution in [0.4, 0.5) is 5.13 Å². The fraction of sp³-hybridized carbons (Fsp3) is 0.500. The van der Waals surface area contributed by atoms with E-state index in [9.17, 15) is 13.2 Å². The molecule has 18 heavy (non-hydrogen) atoms. The number of rotatable bonds is 7. The zero-order valence-electron chi connectivity index (χ0n) is 9.37. The van der Waals surface area contributed by atoms with E-state index in [1.165, 1.54) is 11.3 Å². The molecule has 0 aliphatic carbocycles. The molecular formula is C8H14N4O4S2.